The second-order valence-electron chi connectivity index (χ2n) is 5.67. The molecule has 5 nitrogen and oxygen atoms in total. The van der Waals surface area contributed by atoms with Crippen molar-refractivity contribution in [3.05, 3.63) is 59.1 Å². The molecule has 0 radical (unpaired) electrons. The van der Waals surface area contributed by atoms with Crippen LogP contribution in [0.25, 0.3) is 0 Å². The average Bonchev–Trinajstić information content (AvgIpc) is 2.63. The summed E-state index contributed by atoms with van der Waals surface area (Å²) >= 11 is 29.0. The summed E-state index contributed by atoms with van der Waals surface area (Å²) in [7, 11) is 1.57. The summed E-state index contributed by atoms with van der Waals surface area (Å²) in [4.78, 5) is 12.4. The Bertz CT molecular complexity index is 811. The molecule has 1 amide bonds. The van der Waals surface area contributed by atoms with E-state index in [9.17, 15) is 4.79 Å². The number of alkyl halides is 3. The molecule has 1 atom stereocenters. The number of amides is 1. The monoisotopic (exact) mass is 479 g/mol. The van der Waals surface area contributed by atoms with E-state index in [0.29, 0.717) is 16.5 Å². The molecule has 0 heterocycles. The standard InChI is InChI=1S/C18H17Cl4N3O2S/c1-27-14-8-2-11(3-9-14)10-15(26)24-16(18(20,21)22)25-17(28)23-13-6-4-12(19)5-7-13/h2-9,16H,10H2,1H3,(H,24,26)(H2,23,25,28). The van der Waals surface area contributed by atoms with E-state index in [1.54, 1.807) is 55.6 Å². The topological polar surface area (TPSA) is 62.4 Å². The first-order valence-electron chi connectivity index (χ1n) is 7.99. The molecule has 150 valence electrons. The van der Waals surface area contributed by atoms with Gasteiger partial charge in [-0.15, -0.1) is 0 Å². The van der Waals surface area contributed by atoms with Gasteiger partial charge in [-0.25, -0.2) is 0 Å². The third-order valence-corrected chi connectivity index (χ3v) is 4.66. The summed E-state index contributed by atoms with van der Waals surface area (Å²) in [6, 6.07) is 14.0. The molecule has 3 N–H and O–H groups in total. The van der Waals surface area contributed by atoms with Crippen molar-refractivity contribution in [1.82, 2.24) is 10.6 Å². The van der Waals surface area contributed by atoms with Gasteiger partial charge in [-0.1, -0.05) is 58.5 Å². The van der Waals surface area contributed by atoms with Gasteiger partial charge in [0.2, 0.25) is 9.70 Å². The fraction of sp³-hybridized carbons (Fsp3) is 0.222. The van der Waals surface area contributed by atoms with Crippen molar-refractivity contribution >= 4 is 75.3 Å². The van der Waals surface area contributed by atoms with E-state index in [1.165, 1.54) is 0 Å². The van der Waals surface area contributed by atoms with Crippen molar-refractivity contribution in [3.8, 4) is 5.75 Å². The molecule has 10 heteroatoms. The number of methoxy groups -OCH3 is 1. The Morgan fingerprint density at radius 1 is 1.07 bits per heavy atom. The SMILES string of the molecule is COc1ccc(CC(=O)NC(NC(=S)Nc2ccc(Cl)cc2)C(Cl)(Cl)Cl)cc1. The van der Waals surface area contributed by atoms with Gasteiger partial charge in [0.05, 0.1) is 13.5 Å². The number of nitrogens with one attached hydrogen (secondary N) is 3. The lowest BCUT2D eigenvalue weighted by molar-refractivity contribution is -0.121. The Hall–Kier alpha value is -1.44. The molecular formula is C18H17Cl4N3O2S. The maximum atomic E-state index is 12.4. The molecule has 0 saturated heterocycles. The minimum atomic E-state index is -1.83. The Balaban J connectivity index is 1.97. The fourth-order valence-corrected chi connectivity index (χ4v) is 2.86. The zero-order valence-electron chi connectivity index (χ0n) is 14.6. The molecular weight excluding hydrogens is 464 g/mol. The van der Waals surface area contributed by atoms with E-state index in [0.717, 1.165) is 5.56 Å². The number of carbonyl (C=O) groups excluding carboxylic acids is 1. The number of ether oxygens (including phenoxy) is 1. The first kappa shape index (κ1) is 22.8. The summed E-state index contributed by atoms with van der Waals surface area (Å²) in [5.41, 5.74) is 1.47. The Morgan fingerprint density at radius 3 is 2.21 bits per heavy atom. The molecule has 0 bridgehead atoms. The van der Waals surface area contributed by atoms with Gasteiger partial charge < -0.3 is 20.7 Å². The van der Waals surface area contributed by atoms with Crippen molar-refractivity contribution in [2.24, 2.45) is 0 Å². The van der Waals surface area contributed by atoms with Gasteiger partial charge >= 0.3 is 0 Å². The third-order valence-electron chi connectivity index (χ3n) is 3.53. The smallest absolute Gasteiger partial charge is 0.228 e. The van der Waals surface area contributed by atoms with Crippen LogP contribution in [0.15, 0.2) is 48.5 Å². The predicted molar refractivity (Wildman–Crippen MR) is 120 cm³/mol. The number of halogens is 4. The molecule has 0 spiro atoms. The number of carbonyl (C=O) groups is 1. The number of hydrogen-bond acceptors (Lipinski definition) is 3. The molecule has 0 saturated carbocycles. The molecule has 0 aliphatic carbocycles. The van der Waals surface area contributed by atoms with Crippen LogP contribution in [0, 0.1) is 0 Å². The molecule has 0 fully saturated rings. The largest absolute Gasteiger partial charge is 0.497 e. The zero-order valence-corrected chi connectivity index (χ0v) is 18.5. The summed E-state index contributed by atoms with van der Waals surface area (Å²) in [5, 5.41) is 9.12. The van der Waals surface area contributed by atoms with E-state index in [4.69, 9.17) is 63.4 Å². The van der Waals surface area contributed by atoms with Crippen molar-refractivity contribution in [1.29, 1.82) is 0 Å². The van der Waals surface area contributed by atoms with Gasteiger partial charge in [0, 0.05) is 10.7 Å². The van der Waals surface area contributed by atoms with Crippen LogP contribution in [0.1, 0.15) is 5.56 Å². The van der Waals surface area contributed by atoms with Crippen molar-refractivity contribution in [3.63, 3.8) is 0 Å². The average molecular weight is 481 g/mol. The van der Waals surface area contributed by atoms with Gasteiger partial charge in [0.25, 0.3) is 0 Å². The predicted octanol–water partition coefficient (Wildman–Crippen LogP) is 4.69. The lowest BCUT2D eigenvalue weighted by Gasteiger charge is -2.27. The van der Waals surface area contributed by atoms with Crippen LogP contribution >= 0.6 is 58.6 Å². The van der Waals surface area contributed by atoms with Crippen LogP contribution in [-0.4, -0.2) is 28.1 Å². The summed E-state index contributed by atoms with van der Waals surface area (Å²) in [5.74, 6) is 0.354. The van der Waals surface area contributed by atoms with E-state index in [-0.39, 0.29) is 17.4 Å². The molecule has 2 aromatic rings. The van der Waals surface area contributed by atoms with Gasteiger partial charge in [-0.3, -0.25) is 4.79 Å². The number of hydrogen-bond donors (Lipinski definition) is 3. The van der Waals surface area contributed by atoms with Crippen LogP contribution in [0.2, 0.25) is 5.02 Å². The lowest BCUT2D eigenvalue weighted by atomic mass is 10.1. The second kappa shape index (κ2) is 10.4. The van der Waals surface area contributed by atoms with Crippen LogP contribution in [0.5, 0.6) is 5.75 Å². The van der Waals surface area contributed by atoms with E-state index in [1.807, 2.05) is 0 Å². The highest BCUT2D eigenvalue weighted by Gasteiger charge is 2.34. The molecule has 2 aromatic carbocycles. The highest BCUT2D eigenvalue weighted by molar-refractivity contribution is 7.80. The second-order valence-corrected chi connectivity index (χ2v) is 8.89. The van der Waals surface area contributed by atoms with Gasteiger partial charge in [-0.05, 0) is 54.2 Å². The van der Waals surface area contributed by atoms with Crippen LogP contribution in [0.3, 0.4) is 0 Å². The highest BCUT2D eigenvalue weighted by Crippen LogP contribution is 2.29. The minimum absolute atomic E-state index is 0.0975. The third kappa shape index (κ3) is 7.53. The number of benzene rings is 2. The van der Waals surface area contributed by atoms with E-state index >= 15 is 0 Å². The molecule has 0 aliphatic heterocycles. The summed E-state index contributed by atoms with van der Waals surface area (Å²) < 4.78 is 3.26. The first-order valence-corrected chi connectivity index (χ1v) is 9.91. The summed E-state index contributed by atoms with van der Waals surface area (Å²) in [6.45, 7) is 0. The minimum Gasteiger partial charge on any atom is -0.497 e. The van der Waals surface area contributed by atoms with Crippen LogP contribution in [-0.2, 0) is 11.2 Å². The molecule has 0 aromatic heterocycles. The maximum absolute atomic E-state index is 12.4. The molecule has 1 unspecified atom stereocenters. The maximum Gasteiger partial charge on any atom is 0.228 e. The molecule has 28 heavy (non-hydrogen) atoms. The Morgan fingerprint density at radius 2 is 1.68 bits per heavy atom. The first-order chi connectivity index (χ1) is 13.2. The zero-order chi connectivity index (χ0) is 20.7. The lowest BCUT2D eigenvalue weighted by Crippen LogP contribution is -2.56. The van der Waals surface area contributed by atoms with Gasteiger partial charge in [0.1, 0.15) is 11.9 Å². The van der Waals surface area contributed by atoms with Crippen molar-refractivity contribution in [2.45, 2.75) is 16.4 Å². The summed E-state index contributed by atoms with van der Waals surface area (Å²) in [6.07, 6.45) is -0.948. The Labute approximate surface area is 188 Å². The normalized spacial score (nSPS) is 12.0. The molecule has 2 rings (SSSR count). The van der Waals surface area contributed by atoms with E-state index in [2.05, 4.69) is 16.0 Å². The van der Waals surface area contributed by atoms with Gasteiger partial charge in [0.15, 0.2) is 5.11 Å². The van der Waals surface area contributed by atoms with Gasteiger partial charge in [-0.2, -0.15) is 0 Å². The Kier molecular flexibility index (Phi) is 8.46. The highest BCUT2D eigenvalue weighted by atomic mass is 35.6. The van der Waals surface area contributed by atoms with Crippen molar-refractivity contribution < 1.29 is 9.53 Å². The molecule has 0 aliphatic rings. The number of thiocarbonyl (C=S) groups is 1. The fourth-order valence-electron chi connectivity index (χ4n) is 2.17. The number of anilines is 1. The number of rotatable bonds is 6. The van der Waals surface area contributed by atoms with Crippen molar-refractivity contribution in [2.75, 3.05) is 12.4 Å². The van der Waals surface area contributed by atoms with Crippen LogP contribution < -0.4 is 20.7 Å². The van der Waals surface area contributed by atoms with Crippen LogP contribution in [0.4, 0.5) is 5.69 Å². The quantitative estimate of drug-likeness (QED) is 0.318. The van der Waals surface area contributed by atoms with E-state index < -0.39 is 9.96 Å².